The van der Waals surface area contributed by atoms with Crippen LogP contribution < -0.4 is 15.4 Å². The van der Waals surface area contributed by atoms with Crippen molar-refractivity contribution >= 4 is 27.5 Å². The maximum absolute atomic E-state index is 16.8. The molecule has 0 radical (unpaired) electrons. The van der Waals surface area contributed by atoms with E-state index < -0.39 is 5.82 Å². The fourth-order valence-corrected chi connectivity index (χ4v) is 8.64. The molecule has 8 rings (SSSR count). The first-order valence-corrected chi connectivity index (χ1v) is 16.0. The van der Waals surface area contributed by atoms with Crippen LogP contribution in [0.4, 0.5) is 14.6 Å². The minimum Gasteiger partial charge on any atom is -0.508 e. The fourth-order valence-electron chi connectivity index (χ4n) is 8.64. The average Bonchev–Trinajstić information content (AvgIpc) is 3.65. The zero-order valence-corrected chi connectivity index (χ0v) is 25.0. The summed E-state index contributed by atoms with van der Waals surface area (Å²) in [5.41, 5.74) is 7.40. The quantitative estimate of drug-likeness (QED) is 0.296. The predicted octanol–water partition coefficient (Wildman–Crippen LogP) is 5.57. The normalized spacial score (nSPS) is 24.5. The molecule has 3 aliphatic heterocycles. The van der Waals surface area contributed by atoms with E-state index in [9.17, 15) is 9.50 Å². The minimum atomic E-state index is -0.646. The lowest BCUT2D eigenvalue weighted by Gasteiger charge is -2.37. The molecule has 1 aliphatic carbocycles. The highest BCUT2D eigenvalue weighted by atomic mass is 19.1. The predicted molar refractivity (Wildman–Crippen MR) is 166 cm³/mol. The van der Waals surface area contributed by atoms with E-state index in [-0.39, 0.29) is 40.4 Å². The van der Waals surface area contributed by atoms with Crippen molar-refractivity contribution in [3.05, 3.63) is 47.7 Å². The largest absolute Gasteiger partial charge is 0.508 e. The Morgan fingerprint density at radius 3 is 2.55 bits per heavy atom. The van der Waals surface area contributed by atoms with Crippen LogP contribution in [-0.2, 0) is 6.42 Å². The number of aromatic hydroxyl groups is 1. The van der Waals surface area contributed by atoms with Crippen LogP contribution in [0.15, 0.2) is 30.5 Å². The number of nitrogens with zero attached hydrogens (tertiary/aromatic N) is 5. The molecule has 230 valence electrons. The Kier molecular flexibility index (Phi) is 6.64. The molecule has 0 spiro atoms. The molecule has 3 N–H and O–H groups in total. The molecular formula is C34H38F2N6O2. The summed E-state index contributed by atoms with van der Waals surface area (Å²) < 4.78 is 38.2. The van der Waals surface area contributed by atoms with E-state index in [0.29, 0.717) is 58.0 Å². The van der Waals surface area contributed by atoms with Crippen LogP contribution in [0.2, 0.25) is 0 Å². The van der Waals surface area contributed by atoms with E-state index in [1.165, 1.54) is 12.1 Å². The van der Waals surface area contributed by atoms with Crippen LogP contribution in [0, 0.1) is 23.5 Å². The van der Waals surface area contributed by atoms with E-state index in [1.54, 1.807) is 18.3 Å². The van der Waals surface area contributed by atoms with E-state index in [0.717, 1.165) is 64.7 Å². The van der Waals surface area contributed by atoms with Crippen molar-refractivity contribution in [2.24, 2.45) is 17.6 Å². The maximum Gasteiger partial charge on any atom is 0.319 e. The van der Waals surface area contributed by atoms with Gasteiger partial charge in [0.2, 0.25) is 0 Å². The summed E-state index contributed by atoms with van der Waals surface area (Å²) in [4.78, 5) is 18.9. The second-order valence-corrected chi connectivity index (χ2v) is 13.3. The summed E-state index contributed by atoms with van der Waals surface area (Å²) in [6.45, 7) is 5.94. The number of phenolic OH excluding ortho intramolecular Hbond substituents is 1. The number of ether oxygens (including phenoxy) is 1. The third kappa shape index (κ3) is 4.32. The number of aryl methyl sites for hydroxylation is 1. The first kappa shape index (κ1) is 27.9. The maximum atomic E-state index is 16.8. The molecule has 2 aromatic carbocycles. The van der Waals surface area contributed by atoms with Gasteiger partial charge in [-0.25, -0.2) is 8.78 Å². The molecule has 3 saturated heterocycles. The van der Waals surface area contributed by atoms with Gasteiger partial charge in [0.15, 0.2) is 5.82 Å². The van der Waals surface area contributed by atoms with Gasteiger partial charge in [-0.2, -0.15) is 9.97 Å². The Bertz CT molecular complexity index is 1760. The SMILES string of the molecule is CCc1c(F)ccc2cc(O)cc(-c3ncc4c(N5C[C@H]6CC[C@@H](C5)[C@@H]6N)nc(OCC56CCCN5CCC6)nc4c3F)c12. The highest BCUT2D eigenvalue weighted by Crippen LogP contribution is 2.43. The molecule has 10 heteroatoms. The summed E-state index contributed by atoms with van der Waals surface area (Å²) in [5, 5.41) is 12.2. The number of pyridine rings is 1. The van der Waals surface area contributed by atoms with Gasteiger partial charge in [-0.05, 0) is 104 Å². The molecule has 4 aromatic rings. The van der Waals surface area contributed by atoms with E-state index in [2.05, 4.69) is 19.8 Å². The molecule has 0 unspecified atom stereocenters. The minimum absolute atomic E-state index is 0.00592. The van der Waals surface area contributed by atoms with Gasteiger partial charge in [-0.1, -0.05) is 13.0 Å². The van der Waals surface area contributed by atoms with Crippen molar-refractivity contribution in [3.8, 4) is 23.0 Å². The summed E-state index contributed by atoms with van der Waals surface area (Å²) in [7, 11) is 0. The Morgan fingerprint density at radius 1 is 1.07 bits per heavy atom. The van der Waals surface area contributed by atoms with Crippen LogP contribution in [-0.4, -0.2) is 69.3 Å². The van der Waals surface area contributed by atoms with Crippen molar-refractivity contribution in [1.29, 1.82) is 0 Å². The van der Waals surface area contributed by atoms with Gasteiger partial charge >= 0.3 is 6.01 Å². The van der Waals surface area contributed by atoms with Crippen LogP contribution in [0.1, 0.15) is 51.0 Å². The van der Waals surface area contributed by atoms with Gasteiger partial charge in [0, 0.05) is 30.9 Å². The van der Waals surface area contributed by atoms with Gasteiger partial charge in [0.25, 0.3) is 0 Å². The van der Waals surface area contributed by atoms with Crippen LogP contribution in [0.3, 0.4) is 0 Å². The van der Waals surface area contributed by atoms with Crippen molar-refractivity contribution in [3.63, 3.8) is 0 Å². The molecule has 1 saturated carbocycles. The fraction of sp³-hybridized carbons (Fsp3) is 0.500. The van der Waals surface area contributed by atoms with Gasteiger partial charge in [0.05, 0.1) is 10.9 Å². The zero-order valence-electron chi connectivity index (χ0n) is 25.0. The number of benzene rings is 2. The summed E-state index contributed by atoms with van der Waals surface area (Å²) in [6.07, 6.45) is 8.60. The topological polar surface area (TPSA) is 101 Å². The second-order valence-electron chi connectivity index (χ2n) is 13.3. The highest BCUT2D eigenvalue weighted by molar-refractivity contribution is 6.01. The number of phenols is 1. The first-order valence-electron chi connectivity index (χ1n) is 16.0. The van der Waals surface area contributed by atoms with E-state index in [4.69, 9.17) is 15.5 Å². The van der Waals surface area contributed by atoms with Gasteiger partial charge < -0.3 is 20.5 Å². The number of piperidine rings is 1. The van der Waals surface area contributed by atoms with Gasteiger partial charge in [-0.15, -0.1) is 0 Å². The van der Waals surface area contributed by atoms with Crippen LogP contribution in [0.5, 0.6) is 11.8 Å². The number of hydrogen-bond donors (Lipinski definition) is 2. The smallest absolute Gasteiger partial charge is 0.319 e. The van der Waals surface area contributed by atoms with E-state index in [1.807, 2.05) is 6.92 Å². The number of halogens is 2. The van der Waals surface area contributed by atoms with Crippen molar-refractivity contribution in [1.82, 2.24) is 19.9 Å². The van der Waals surface area contributed by atoms with Crippen LogP contribution in [0.25, 0.3) is 32.9 Å². The highest BCUT2D eigenvalue weighted by Gasteiger charge is 2.45. The monoisotopic (exact) mass is 600 g/mol. The lowest BCUT2D eigenvalue weighted by atomic mass is 9.93. The Balaban J connectivity index is 1.28. The molecule has 0 amide bonds. The Morgan fingerprint density at radius 2 is 1.82 bits per heavy atom. The molecule has 4 aliphatic rings. The number of fused-ring (bicyclic) bond motifs is 5. The Hall–Kier alpha value is -3.63. The number of anilines is 1. The number of hydrogen-bond acceptors (Lipinski definition) is 8. The van der Waals surface area contributed by atoms with Crippen molar-refractivity contribution < 1.29 is 18.6 Å². The third-order valence-corrected chi connectivity index (χ3v) is 10.9. The van der Waals surface area contributed by atoms with Crippen molar-refractivity contribution in [2.45, 2.75) is 63.5 Å². The zero-order chi connectivity index (χ0) is 30.2. The van der Waals surface area contributed by atoms with Crippen LogP contribution >= 0.6 is 0 Å². The number of rotatable bonds is 6. The molecule has 8 nitrogen and oxygen atoms in total. The average molecular weight is 601 g/mol. The number of aromatic nitrogens is 3. The standard InChI is InChI=1S/C34H38F2N6O2/c1-2-23-26(35)8-7-19-13-22(43)14-24(27(19)23)30-28(36)31-25(15-38-30)32(41-16-20-5-6-21(17-41)29(20)37)40-33(39-31)44-18-34-9-3-11-42(34)12-4-10-34/h7-8,13-15,20-21,29,43H,2-6,9-12,16-18,37H2,1H3/t20-,21+,29-. The second kappa shape index (κ2) is 10.5. The van der Waals surface area contributed by atoms with Crippen molar-refractivity contribution in [2.75, 3.05) is 37.7 Å². The number of nitrogens with two attached hydrogens (primary N) is 1. The molecule has 5 heterocycles. The van der Waals surface area contributed by atoms with Gasteiger partial charge in [-0.3, -0.25) is 9.88 Å². The van der Waals surface area contributed by atoms with E-state index >= 15 is 4.39 Å². The summed E-state index contributed by atoms with van der Waals surface area (Å²) in [5.74, 6) is 0.245. The molecule has 4 fully saturated rings. The lowest BCUT2D eigenvalue weighted by Crippen LogP contribution is -2.49. The summed E-state index contributed by atoms with van der Waals surface area (Å²) in [6, 6.07) is 6.31. The molecule has 3 atom stereocenters. The molecular weight excluding hydrogens is 562 g/mol. The lowest BCUT2D eigenvalue weighted by molar-refractivity contribution is 0.108. The third-order valence-electron chi connectivity index (χ3n) is 10.9. The molecule has 2 aromatic heterocycles. The summed E-state index contributed by atoms with van der Waals surface area (Å²) >= 11 is 0. The Labute approximate surface area is 255 Å². The molecule has 44 heavy (non-hydrogen) atoms. The first-order chi connectivity index (χ1) is 21.3. The van der Waals surface area contributed by atoms with Gasteiger partial charge in [0.1, 0.15) is 35.2 Å². The molecule has 2 bridgehead atoms.